The number of fused-ring (bicyclic) bond motifs is 3. The van der Waals surface area contributed by atoms with Crippen molar-refractivity contribution in [3.05, 3.63) is 51.7 Å². The van der Waals surface area contributed by atoms with Crippen molar-refractivity contribution in [1.29, 1.82) is 5.26 Å². The van der Waals surface area contributed by atoms with Crippen LogP contribution in [0.1, 0.15) is 11.1 Å². The Morgan fingerprint density at radius 2 is 2.10 bits per heavy atom. The van der Waals surface area contributed by atoms with E-state index in [0.717, 1.165) is 0 Å². The Morgan fingerprint density at radius 3 is 2.83 bits per heavy atom. The van der Waals surface area contributed by atoms with Crippen molar-refractivity contribution >= 4 is 21.7 Å². The summed E-state index contributed by atoms with van der Waals surface area (Å²) in [5, 5.41) is 12.0. The molecule has 11 heteroatoms. The second-order valence-electron chi connectivity index (χ2n) is 7.14. The number of anilines is 2. The average Bonchev–Trinajstić information content (AvgIpc) is 3.05. The number of hydrogen-bond donors (Lipinski definition) is 1. The molecule has 2 aromatic rings. The molecule has 1 unspecified atom stereocenters. The molecule has 0 saturated carbocycles. The van der Waals surface area contributed by atoms with Crippen molar-refractivity contribution in [3.63, 3.8) is 0 Å². The third-order valence-electron chi connectivity index (χ3n) is 5.22. The summed E-state index contributed by atoms with van der Waals surface area (Å²) < 4.78 is 40.1. The predicted octanol–water partition coefficient (Wildman–Crippen LogP) is 0.330. The number of nitriles is 1. The first-order valence-corrected chi connectivity index (χ1v) is 10.9. The zero-order chi connectivity index (χ0) is 20.8. The predicted molar refractivity (Wildman–Crippen MR) is 104 cm³/mol. The Morgan fingerprint density at radius 1 is 1.31 bits per heavy atom. The van der Waals surface area contributed by atoms with E-state index in [1.54, 1.807) is 22.8 Å². The topological polar surface area (TPSA) is 111 Å². The van der Waals surface area contributed by atoms with Crippen LogP contribution in [-0.2, 0) is 23.1 Å². The van der Waals surface area contributed by atoms with Crippen molar-refractivity contribution in [1.82, 2.24) is 13.9 Å². The summed E-state index contributed by atoms with van der Waals surface area (Å²) in [5.74, 6) is 0.488. The van der Waals surface area contributed by atoms with E-state index in [-0.39, 0.29) is 18.2 Å². The molecular formula is C18H19FN6O3S. The van der Waals surface area contributed by atoms with Gasteiger partial charge in [-0.3, -0.25) is 4.57 Å². The average molecular weight is 418 g/mol. The number of hydrogen-bond acceptors (Lipinski definition) is 7. The van der Waals surface area contributed by atoms with Crippen molar-refractivity contribution in [3.8, 4) is 6.07 Å². The van der Waals surface area contributed by atoms with E-state index in [2.05, 4.69) is 10.3 Å². The summed E-state index contributed by atoms with van der Waals surface area (Å²) in [6.07, 6.45) is 1.19. The molecule has 1 aromatic carbocycles. The quantitative estimate of drug-likeness (QED) is 0.762. The van der Waals surface area contributed by atoms with Crippen molar-refractivity contribution in [2.75, 3.05) is 36.1 Å². The Hall–Kier alpha value is -2.97. The summed E-state index contributed by atoms with van der Waals surface area (Å²) in [6.45, 7) is 1.84. The summed E-state index contributed by atoms with van der Waals surface area (Å²) >= 11 is 0. The Kier molecular flexibility index (Phi) is 4.76. The first kappa shape index (κ1) is 19.4. The van der Waals surface area contributed by atoms with E-state index >= 15 is 0 Å². The molecule has 152 valence electrons. The standard InChI is InChI=1S/C18H19FN6O3S/c1-29(27,28)23-4-5-24-14(10-23)11-25-17(24)7-16(22-18(25)26)21-9-12-2-3-15(19)13(6-12)8-20/h2-3,6-7,14H,4-5,9-11H2,1H3,(H,21,22,26). The van der Waals surface area contributed by atoms with Gasteiger partial charge in [0.1, 0.15) is 23.5 Å². The van der Waals surface area contributed by atoms with E-state index in [9.17, 15) is 17.6 Å². The highest BCUT2D eigenvalue weighted by Crippen LogP contribution is 2.29. The zero-order valence-electron chi connectivity index (χ0n) is 15.7. The molecule has 3 heterocycles. The first-order chi connectivity index (χ1) is 13.8. The lowest BCUT2D eigenvalue weighted by Gasteiger charge is -2.36. The number of benzene rings is 1. The minimum atomic E-state index is -3.28. The lowest BCUT2D eigenvalue weighted by atomic mass is 10.1. The number of nitrogens with zero attached hydrogens (tertiary/aromatic N) is 5. The highest BCUT2D eigenvalue weighted by Gasteiger charge is 2.37. The van der Waals surface area contributed by atoms with E-state index in [0.29, 0.717) is 43.4 Å². The van der Waals surface area contributed by atoms with Gasteiger partial charge < -0.3 is 10.2 Å². The van der Waals surface area contributed by atoms with Gasteiger partial charge in [0, 0.05) is 32.2 Å². The maximum atomic E-state index is 13.4. The lowest BCUT2D eigenvalue weighted by molar-refractivity contribution is 0.335. The van der Waals surface area contributed by atoms with Gasteiger partial charge in [-0.1, -0.05) is 6.07 Å². The van der Waals surface area contributed by atoms with Gasteiger partial charge in [-0.15, -0.1) is 0 Å². The van der Waals surface area contributed by atoms with Gasteiger partial charge in [-0.05, 0) is 17.7 Å². The molecular weight excluding hydrogens is 399 g/mol. The molecule has 2 aliphatic heterocycles. The summed E-state index contributed by atoms with van der Waals surface area (Å²) in [6, 6.07) is 7.68. The van der Waals surface area contributed by atoms with Gasteiger partial charge in [0.25, 0.3) is 0 Å². The Balaban J connectivity index is 1.53. The molecule has 1 atom stereocenters. The van der Waals surface area contributed by atoms with Gasteiger partial charge in [-0.2, -0.15) is 14.6 Å². The van der Waals surface area contributed by atoms with Crippen LogP contribution >= 0.6 is 0 Å². The maximum Gasteiger partial charge on any atom is 0.351 e. The third kappa shape index (κ3) is 3.68. The molecule has 2 aliphatic rings. The Bertz CT molecular complexity index is 1170. The van der Waals surface area contributed by atoms with Gasteiger partial charge in [0.2, 0.25) is 10.0 Å². The fourth-order valence-corrected chi connectivity index (χ4v) is 4.61. The SMILES string of the molecule is CS(=O)(=O)N1CCN2c3cc(NCc4ccc(F)c(C#N)c4)nc(=O)n3CC2C1. The molecule has 0 aliphatic carbocycles. The van der Waals surface area contributed by atoms with Crippen LogP contribution in [0, 0.1) is 17.1 Å². The van der Waals surface area contributed by atoms with Crippen LogP contribution in [-0.4, -0.2) is 54.2 Å². The molecule has 1 fully saturated rings. The molecule has 0 bridgehead atoms. The third-order valence-corrected chi connectivity index (χ3v) is 6.49. The van der Waals surface area contributed by atoms with Crippen LogP contribution in [0.5, 0.6) is 0 Å². The first-order valence-electron chi connectivity index (χ1n) is 9.02. The maximum absolute atomic E-state index is 13.4. The fourth-order valence-electron chi connectivity index (χ4n) is 3.75. The molecule has 29 heavy (non-hydrogen) atoms. The van der Waals surface area contributed by atoms with Gasteiger partial charge >= 0.3 is 5.69 Å². The highest BCUT2D eigenvalue weighted by atomic mass is 32.2. The molecule has 1 N–H and O–H groups in total. The number of halogens is 1. The van der Waals surface area contributed by atoms with E-state index in [1.807, 2.05) is 4.90 Å². The monoisotopic (exact) mass is 418 g/mol. The lowest BCUT2D eigenvalue weighted by Crippen LogP contribution is -2.53. The van der Waals surface area contributed by atoms with E-state index in [4.69, 9.17) is 5.26 Å². The zero-order valence-corrected chi connectivity index (χ0v) is 16.5. The van der Waals surface area contributed by atoms with E-state index in [1.165, 1.54) is 22.7 Å². The summed E-state index contributed by atoms with van der Waals surface area (Å²) in [5.41, 5.74) is 0.227. The number of piperazine rings is 1. The largest absolute Gasteiger partial charge is 0.366 e. The molecule has 0 spiro atoms. The van der Waals surface area contributed by atoms with Gasteiger partial charge in [0.15, 0.2) is 0 Å². The molecule has 0 radical (unpaired) electrons. The summed E-state index contributed by atoms with van der Waals surface area (Å²) in [4.78, 5) is 18.5. The van der Waals surface area contributed by atoms with Crippen LogP contribution in [0.15, 0.2) is 29.1 Å². The number of aromatic nitrogens is 2. The molecule has 1 saturated heterocycles. The van der Waals surface area contributed by atoms with E-state index < -0.39 is 21.5 Å². The highest BCUT2D eigenvalue weighted by molar-refractivity contribution is 7.88. The normalized spacial score (nSPS) is 18.8. The van der Waals surface area contributed by atoms with Crippen molar-refractivity contribution < 1.29 is 12.8 Å². The Labute approximate surface area is 167 Å². The van der Waals surface area contributed by atoms with Crippen LogP contribution in [0.25, 0.3) is 0 Å². The van der Waals surface area contributed by atoms with Crippen LogP contribution < -0.4 is 15.9 Å². The van der Waals surface area contributed by atoms with Crippen LogP contribution in [0.2, 0.25) is 0 Å². The second kappa shape index (κ2) is 7.13. The van der Waals surface area contributed by atoms with Crippen LogP contribution in [0.3, 0.4) is 0 Å². The molecule has 1 aromatic heterocycles. The molecule has 4 rings (SSSR count). The van der Waals surface area contributed by atoms with Crippen LogP contribution in [0.4, 0.5) is 16.0 Å². The summed E-state index contributed by atoms with van der Waals surface area (Å²) in [7, 11) is -3.28. The molecule has 0 amide bonds. The smallest absolute Gasteiger partial charge is 0.351 e. The van der Waals surface area contributed by atoms with Gasteiger partial charge in [-0.25, -0.2) is 17.6 Å². The fraction of sp³-hybridized carbons (Fsp3) is 0.389. The van der Waals surface area contributed by atoms with Crippen molar-refractivity contribution in [2.45, 2.75) is 19.1 Å². The molecule has 9 nitrogen and oxygen atoms in total. The van der Waals surface area contributed by atoms with Gasteiger partial charge in [0.05, 0.1) is 24.4 Å². The minimum absolute atomic E-state index is 0.0436. The second-order valence-corrected chi connectivity index (χ2v) is 9.12. The number of sulfonamides is 1. The number of rotatable bonds is 4. The minimum Gasteiger partial charge on any atom is -0.366 e. The number of nitrogens with one attached hydrogen (secondary N) is 1. The van der Waals surface area contributed by atoms with Crippen molar-refractivity contribution in [2.24, 2.45) is 0 Å².